The van der Waals surface area contributed by atoms with E-state index in [0.717, 1.165) is 0 Å². The number of benzene rings is 2. The molecule has 0 saturated heterocycles. The number of Topliss-reactive ketones (excluding diaryl/α,β-unsaturated/α-hetero) is 1. The Bertz CT molecular complexity index is 894. The minimum Gasteiger partial charge on any atom is -0.496 e. The molecule has 0 unspecified atom stereocenters. The molecule has 0 aliphatic carbocycles. The number of nitrogens with two attached hydrogens (primary N) is 1. The fraction of sp³-hybridized carbons (Fsp3) is 0.250. The molecule has 0 saturated carbocycles. The van der Waals surface area contributed by atoms with Gasteiger partial charge in [-0.3, -0.25) is 4.79 Å². The predicted octanol–water partition coefficient (Wildman–Crippen LogP) is 4.07. The second-order valence-corrected chi connectivity index (χ2v) is 6.60. The molecule has 0 bridgehead atoms. The van der Waals surface area contributed by atoms with E-state index >= 15 is 0 Å². The van der Waals surface area contributed by atoms with E-state index < -0.39 is 0 Å². The van der Waals surface area contributed by atoms with Crippen molar-refractivity contribution in [1.82, 2.24) is 0 Å². The van der Waals surface area contributed by atoms with Gasteiger partial charge in [-0.15, -0.1) is 0 Å². The number of nitrogen functional groups attached to an aromatic ring is 1. The molecule has 0 fully saturated rings. The first kappa shape index (κ1) is 19.1. The van der Waals surface area contributed by atoms with Gasteiger partial charge in [-0.1, -0.05) is 0 Å². The van der Waals surface area contributed by atoms with Crippen LogP contribution in [0, 0.1) is 0 Å². The summed E-state index contributed by atoms with van der Waals surface area (Å²) in [6, 6.07) is 8.49. The highest BCUT2D eigenvalue weighted by molar-refractivity contribution is 9.12. The molecule has 1 aliphatic rings. The van der Waals surface area contributed by atoms with Gasteiger partial charge in [-0.05, 0) is 53.2 Å². The second-order valence-electron chi connectivity index (χ2n) is 5.74. The summed E-state index contributed by atoms with van der Waals surface area (Å²) in [5, 5.41) is 0. The average Bonchev–Trinajstić information content (AvgIpc) is 2.68. The standard InChI is InChI=1S/C20H20BrNO5/c1-3-25-17-9-12(4-5-15(17)22)20(23)14(21)8-13-10-18-19(11-16(13)24-2)27-7-6-26-18/h4-5,8-11H,3,6-7,22H2,1-2H3/b14-8+. The van der Waals surface area contributed by atoms with Gasteiger partial charge in [0.15, 0.2) is 17.3 Å². The van der Waals surface area contributed by atoms with Crippen molar-refractivity contribution in [2.75, 3.05) is 32.7 Å². The van der Waals surface area contributed by atoms with Crippen LogP contribution >= 0.6 is 15.9 Å². The molecule has 2 N–H and O–H groups in total. The Kier molecular flexibility index (Phi) is 5.91. The third-order valence-corrected chi connectivity index (χ3v) is 4.56. The lowest BCUT2D eigenvalue weighted by Crippen LogP contribution is -2.15. The van der Waals surface area contributed by atoms with Crippen LogP contribution in [0.3, 0.4) is 0 Å². The molecule has 0 spiro atoms. The molecule has 6 nitrogen and oxygen atoms in total. The molecule has 0 amide bonds. The van der Waals surface area contributed by atoms with Gasteiger partial charge in [-0.2, -0.15) is 0 Å². The van der Waals surface area contributed by atoms with E-state index in [1.54, 1.807) is 43.5 Å². The quantitative estimate of drug-likeness (QED) is 0.420. The van der Waals surface area contributed by atoms with E-state index in [0.29, 0.717) is 64.1 Å². The Labute approximate surface area is 166 Å². The Morgan fingerprint density at radius 2 is 1.89 bits per heavy atom. The smallest absolute Gasteiger partial charge is 0.200 e. The molecule has 2 aromatic rings. The summed E-state index contributed by atoms with van der Waals surface area (Å²) < 4.78 is 22.4. The van der Waals surface area contributed by atoms with Crippen molar-refractivity contribution in [2.24, 2.45) is 0 Å². The number of carbonyl (C=O) groups excluding carboxylic acids is 1. The largest absolute Gasteiger partial charge is 0.496 e. The van der Waals surface area contributed by atoms with Crippen LogP contribution in [0.15, 0.2) is 34.8 Å². The Morgan fingerprint density at radius 1 is 1.19 bits per heavy atom. The highest BCUT2D eigenvalue weighted by Crippen LogP contribution is 2.38. The second kappa shape index (κ2) is 8.35. The monoisotopic (exact) mass is 433 g/mol. The van der Waals surface area contributed by atoms with Crippen molar-refractivity contribution < 1.29 is 23.7 Å². The molecule has 0 atom stereocenters. The number of anilines is 1. The predicted molar refractivity (Wildman–Crippen MR) is 107 cm³/mol. The van der Waals surface area contributed by atoms with Crippen LogP contribution in [0.5, 0.6) is 23.0 Å². The van der Waals surface area contributed by atoms with Crippen molar-refractivity contribution in [3.8, 4) is 23.0 Å². The first-order chi connectivity index (χ1) is 13.0. The van der Waals surface area contributed by atoms with Gasteiger partial charge < -0.3 is 24.7 Å². The highest BCUT2D eigenvalue weighted by atomic mass is 79.9. The van der Waals surface area contributed by atoms with Crippen LogP contribution in [-0.2, 0) is 0 Å². The summed E-state index contributed by atoms with van der Waals surface area (Å²) in [5.74, 6) is 2.11. The molecule has 2 aromatic carbocycles. The van der Waals surface area contributed by atoms with E-state index in [-0.39, 0.29) is 5.78 Å². The molecule has 0 aromatic heterocycles. The summed E-state index contributed by atoms with van der Waals surface area (Å²) in [4.78, 5) is 12.8. The zero-order valence-electron chi connectivity index (χ0n) is 15.1. The van der Waals surface area contributed by atoms with Crippen LogP contribution in [0.2, 0.25) is 0 Å². The zero-order valence-corrected chi connectivity index (χ0v) is 16.7. The number of methoxy groups -OCH3 is 1. The normalized spacial score (nSPS) is 13.2. The van der Waals surface area contributed by atoms with Crippen LogP contribution in [0.25, 0.3) is 6.08 Å². The van der Waals surface area contributed by atoms with E-state index in [4.69, 9.17) is 24.7 Å². The summed E-state index contributed by atoms with van der Waals surface area (Å²) in [5.41, 5.74) is 7.52. The van der Waals surface area contributed by atoms with Crippen molar-refractivity contribution >= 4 is 33.5 Å². The summed E-state index contributed by atoms with van der Waals surface area (Å²) in [6.45, 7) is 3.30. The fourth-order valence-corrected chi connectivity index (χ4v) is 3.15. The van der Waals surface area contributed by atoms with E-state index in [2.05, 4.69) is 15.9 Å². The van der Waals surface area contributed by atoms with Gasteiger partial charge in [0.1, 0.15) is 24.7 Å². The van der Waals surface area contributed by atoms with Gasteiger partial charge in [-0.25, -0.2) is 0 Å². The molecular weight excluding hydrogens is 414 g/mol. The SMILES string of the molecule is CCOc1cc(C(=O)/C(Br)=C\c2cc3c(cc2OC)OCCO3)ccc1N. The minimum absolute atomic E-state index is 0.201. The highest BCUT2D eigenvalue weighted by Gasteiger charge is 2.18. The zero-order chi connectivity index (χ0) is 19.4. The van der Waals surface area contributed by atoms with E-state index in [9.17, 15) is 4.79 Å². The number of carbonyl (C=O) groups is 1. The van der Waals surface area contributed by atoms with Gasteiger partial charge in [0, 0.05) is 17.2 Å². The molecule has 7 heteroatoms. The Morgan fingerprint density at radius 3 is 2.56 bits per heavy atom. The number of rotatable bonds is 6. The first-order valence-corrected chi connectivity index (χ1v) is 9.24. The minimum atomic E-state index is -0.201. The molecule has 142 valence electrons. The molecule has 0 radical (unpaired) electrons. The molecular formula is C20H20BrNO5. The number of allylic oxidation sites excluding steroid dienone is 1. The molecule has 1 heterocycles. The lowest BCUT2D eigenvalue weighted by atomic mass is 10.1. The van der Waals surface area contributed by atoms with Crippen molar-refractivity contribution in [1.29, 1.82) is 0 Å². The lowest BCUT2D eigenvalue weighted by molar-refractivity contribution is 0.104. The third-order valence-electron chi connectivity index (χ3n) is 3.97. The lowest BCUT2D eigenvalue weighted by Gasteiger charge is -2.20. The van der Waals surface area contributed by atoms with Crippen molar-refractivity contribution in [3.63, 3.8) is 0 Å². The topological polar surface area (TPSA) is 80.0 Å². The van der Waals surface area contributed by atoms with E-state index in [1.165, 1.54) is 0 Å². The van der Waals surface area contributed by atoms with Crippen LogP contribution in [0.1, 0.15) is 22.8 Å². The first-order valence-electron chi connectivity index (χ1n) is 8.45. The van der Waals surface area contributed by atoms with Gasteiger partial charge in [0.25, 0.3) is 0 Å². The Hall–Kier alpha value is -2.67. The number of hydrogen-bond acceptors (Lipinski definition) is 6. The fourth-order valence-electron chi connectivity index (χ4n) is 2.67. The van der Waals surface area contributed by atoms with Crippen LogP contribution in [-0.4, -0.2) is 32.7 Å². The number of ketones is 1. The van der Waals surface area contributed by atoms with Crippen LogP contribution < -0.4 is 24.7 Å². The average molecular weight is 434 g/mol. The maximum atomic E-state index is 12.8. The van der Waals surface area contributed by atoms with Gasteiger partial charge in [0.05, 0.1) is 23.9 Å². The van der Waals surface area contributed by atoms with Gasteiger partial charge in [0.2, 0.25) is 0 Å². The van der Waals surface area contributed by atoms with Crippen molar-refractivity contribution in [2.45, 2.75) is 6.92 Å². The molecule has 3 rings (SSSR count). The molecule has 1 aliphatic heterocycles. The maximum absolute atomic E-state index is 12.8. The summed E-state index contributed by atoms with van der Waals surface area (Å²) >= 11 is 3.37. The summed E-state index contributed by atoms with van der Waals surface area (Å²) in [6.07, 6.45) is 1.69. The van der Waals surface area contributed by atoms with Crippen LogP contribution in [0.4, 0.5) is 5.69 Å². The Balaban J connectivity index is 1.93. The maximum Gasteiger partial charge on any atom is 0.200 e. The third kappa shape index (κ3) is 4.19. The van der Waals surface area contributed by atoms with E-state index in [1.807, 2.05) is 6.92 Å². The van der Waals surface area contributed by atoms with Gasteiger partial charge >= 0.3 is 0 Å². The number of fused-ring (bicyclic) bond motifs is 1. The number of ether oxygens (including phenoxy) is 4. The van der Waals surface area contributed by atoms with Crippen molar-refractivity contribution in [3.05, 3.63) is 45.9 Å². The number of hydrogen-bond donors (Lipinski definition) is 1. The number of halogens is 1. The summed E-state index contributed by atoms with van der Waals surface area (Å²) in [7, 11) is 1.56. The molecule has 27 heavy (non-hydrogen) atoms.